The molecule has 6 rings (SSSR count). The number of pyridine rings is 2. The molecule has 3 aliphatic rings. The fourth-order valence-corrected chi connectivity index (χ4v) is 7.96. The van der Waals surface area contributed by atoms with Crippen LogP contribution in [0.3, 0.4) is 0 Å². The van der Waals surface area contributed by atoms with Gasteiger partial charge in [-0.3, -0.25) is 23.7 Å². The van der Waals surface area contributed by atoms with Gasteiger partial charge in [-0.2, -0.15) is 0 Å². The smallest absolute Gasteiger partial charge is 0.329 e. The van der Waals surface area contributed by atoms with E-state index in [9.17, 15) is 28.6 Å². The van der Waals surface area contributed by atoms with Crippen LogP contribution in [0.1, 0.15) is 43.9 Å². The van der Waals surface area contributed by atoms with Crippen LogP contribution in [0.4, 0.5) is 0 Å². The Kier molecular flexibility index (Phi) is 7.69. The van der Waals surface area contributed by atoms with E-state index in [0.717, 1.165) is 16.5 Å². The summed E-state index contributed by atoms with van der Waals surface area (Å²) in [6.45, 7) is 3.45. The quantitative estimate of drug-likeness (QED) is 0.173. The molecule has 3 aliphatic heterocycles. The number of cyclic esters (lactones) is 1. The SMILES string of the molecule is CC[C@@]1(CP(=O)(O)OC[C@H]2OC[C@H](OC(C)=O)[C@@H]2OC(C)=O)C(=O)OCc2c1cc1n(c2=O)Cc2cc3ccccc3nc2-1. The number of carbonyl (C=O) groups is 3. The molecule has 0 spiro atoms. The van der Waals surface area contributed by atoms with Crippen LogP contribution in [0.25, 0.3) is 22.3 Å². The minimum Gasteiger partial charge on any atom is -0.460 e. The normalized spacial score (nSPS) is 25.0. The molecule has 0 aliphatic carbocycles. The van der Waals surface area contributed by atoms with Crippen molar-refractivity contribution in [2.45, 2.75) is 64.1 Å². The van der Waals surface area contributed by atoms with E-state index in [1.54, 1.807) is 17.6 Å². The molecule has 13 nitrogen and oxygen atoms in total. The minimum atomic E-state index is -4.58. The first-order valence-corrected chi connectivity index (χ1v) is 15.9. The van der Waals surface area contributed by atoms with Gasteiger partial charge in [0.15, 0.2) is 12.2 Å². The second kappa shape index (κ2) is 11.2. The number of esters is 3. The predicted molar refractivity (Wildman–Crippen MR) is 154 cm³/mol. The first kappa shape index (κ1) is 30.1. The number of nitrogens with zero attached hydrogens (tertiary/aromatic N) is 2. The third kappa shape index (κ3) is 5.23. The van der Waals surface area contributed by atoms with Crippen LogP contribution in [-0.2, 0) is 61.0 Å². The van der Waals surface area contributed by atoms with E-state index in [-0.39, 0.29) is 30.8 Å². The average Bonchev–Trinajstić information content (AvgIpc) is 3.52. The summed E-state index contributed by atoms with van der Waals surface area (Å²) in [6.07, 6.45) is -3.64. The van der Waals surface area contributed by atoms with Gasteiger partial charge < -0.3 is 32.9 Å². The van der Waals surface area contributed by atoms with Gasteiger partial charge in [-0.1, -0.05) is 25.1 Å². The Bertz CT molecular complexity index is 1800. The molecule has 44 heavy (non-hydrogen) atoms. The van der Waals surface area contributed by atoms with Crippen molar-refractivity contribution in [1.29, 1.82) is 0 Å². The Balaban J connectivity index is 1.32. The number of hydrogen-bond acceptors (Lipinski definition) is 11. The van der Waals surface area contributed by atoms with Crippen LogP contribution < -0.4 is 5.56 Å². The van der Waals surface area contributed by atoms with Gasteiger partial charge >= 0.3 is 25.5 Å². The number of carbonyl (C=O) groups excluding carboxylic acids is 3. The molecule has 5 atom stereocenters. The van der Waals surface area contributed by atoms with E-state index >= 15 is 0 Å². The number of hydrogen-bond donors (Lipinski definition) is 1. The maximum absolute atomic E-state index is 13.8. The van der Waals surface area contributed by atoms with Crippen molar-refractivity contribution in [3.8, 4) is 11.4 Å². The molecule has 0 bridgehead atoms. The molecule has 5 heterocycles. The third-order valence-corrected chi connectivity index (χ3v) is 9.86. The Hall–Kier alpha value is -3.90. The predicted octanol–water partition coefficient (Wildman–Crippen LogP) is 2.59. The number of para-hydroxylation sites is 1. The van der Waals surface area contributed by atoms with E-state index in [4.69, 9.17) is 28.5 Å². The van der Waals surface area contributed by atoms with Crippen LogP contribution in [0.15, 0.2) is 41.2 Å². The van der Waals surface area contributed by atoms with E-state index in [0.29, 0.717) is 23.5 Å². The highest BCUT2D eigenvalue weighted by molar-refractivity contribution is 7.53. The molecular formula is C30H31N2O11P. The Morgan fingerprint density at radius 2 is 1.91 bits per heavy atom. The lowest BCUT2D eigenvalue weighted by Crippen LogP contribution is -2.47. The number of fused-ring (bicyclic) bond motifs is 5. The van der Waals surface area contributed by atoms with E-state index < -0.39 is 62.0 Å². The van der Waals surface area contributed by atoms with E-state index in [1.165, 1.54) is 13.8 Å². The maximum Gasteiger partial charge on any atom is 0.329 e. The highest BCUT2D eigenvalue weighted by atomic mass is 31.2. The molecule has 1 unspecified atom stereocenters. The first-order valence-electron chi connectivity index (χ1n) is 14.2. The minimum absolute atomic E-state index is 0.0399. The van der Waals surface area contributed by atoms with Crippen LogP contribution in [0.2, 0.25) is 0 Å². The van der Waals surface area contributed by atoms with Crippen molar-refractivity contribution in [2.75, 3.05) is 19.4 Å². The lowest BCUT2D eigenvalue weighted by molar-refractivity contribution is -0.163. The molecule has 1 fully saturated rings. The summed E-state index contributed by atoms with van der Waals surface area (Å²) < 4.78 is 42.1. The molecule has 0 amide bonds. The molecule has 232 valence electrons. The van der Waals surface area contributed by atoms with Crippen molar-refractivity contribution >= 4 is 36.4 Å². The number of rotatable bonds is 8. The topological polar surface area (TPSA) is 170 Å². The first-order chi connectivity index (χ1) is 20.9. The molecule has 3 aromatic rings. The van der Waals surface area contributed by atoms with Gasteiger partial charge in [-0.15, -0.1) is 0 Å². The summed E-state index contributed by atoms with van der Waals surface area (Å²) in [5.41, 5.74) is 1.21. The van der Waals surface area contributed by atoms with Gasteiger partial charge in [0.05, 0.1) is 48.4 Å². The summed E-state index contributed by atoms with van der Waals surface area (Å²) in [5.74, 6) is -2.02. The monoisotopic (exact) mass is 626 g/mol. The van der Waals surface area contributed by atoms with Crippen LogP contribution in [0.5, 0.6) is 0 Å². The molecule has 1 aromatic carbocycles. The molecular weight excluding hydrogens is 595 g/mol. The van der Waals surface area contributed by atoms with Gasteiger partial charge in [0, 0.05) is 24.8 Å². The zero-order valence-corrected chi connectivity index (χ0v) is 25.2. The highest BCUT2D eigenvalue weighted by Crippen LogP contribution is 2.52. The summed E-state index contributed by atoms with van der Waals surface area (Å²) in [5, 5.41) is 0.929. The lowest BCUT2D eigenvalue weighted by Gasteiger charge is -2.37. The van der Waals surface area contributed by atoms with Gasteiger partial charge in [-0.25, -0.2) is 4.98 Å². The van der Waals surface area contributed by atoms with Gasteiger partial charge in [0.2, 0.25) is 0 Å². The van der Waals surface area contributed by atoms with Crippen LogP contribution >= 0.6 is 7.60 Å². The summed E-state index contributed by atoms with van der Waals surface area (Å²) in [4.78, 5) is 66.2. The molecule has 0 radical (unpaired) electrons. The highest BCUT2D eigenvalue weighted by Gasteiger charge is 2.52. The summed E-state index contributed by atoms with van der Waals surface area (Å²) >= 11 is 0. The lowest BCUT2D eigenvalue weighted by atomic mass is 9.76. The Morgan fingerprint density at radius 1 is 1.16 bits per heavy atom. The van der Waals surface area contributed by atoms with Crippen molar-refractivity contribution < 1.29 is 47.3 Å². The van der Waals surface area contributed by atoms with Gasteiger partial charge in [0.1, 0.15) is 18.1 Å². The second-order valence-corrected chi connectivity index (χ2v) is 13.0. The van der Waals surface area contributed by atoms with Gasteiger partial charge in [-0.05, 0) is 30.2 Å². The van der Waals surface area contributed by atoms with Gasteiger partial charge in [0.25, 0.3) is 5.56 Å². The van der Waals surface area contributed by atoms with Crippen LogP contribution in [-0.4, -0.2) is 70.0 Å². The van der Waals surface area contributed by atoms with Crippen molar-refractivity contribution in [2.24, 2.45) is 0 Å². The molecule has 2 aromatic heterocycles. The fourth-order valence-electron chi connectivity index (χ4n) is 6.29. The summed E-state index contributed by atoms with van der Waals surface area (Å²) in [6, 6.07) is 11.3. The Labute approximate surface area is 251 Å². The molecule has 0 saturated carbocycles. The zero-order chi connectivity index (χ0) is 31.4. The third-order valence-electron chi connectivity index (χ3n) is 8.37. The molecule has 14 heteroatoms. The fraction of sp³-hybridized carbons (Fsp3) is 0.433. The van der Waals surface area contributed by atoms with Crippen molar-refractivity contribution in [3.05, 3.63) is 63.4 Å². The number of benzene rings is 1. The molecule has 1 N–H and O–H groups in total. The molecule has 1 saturated heterocycles. The number of aromatic nitrogens is 2. The van der Waals surface area contributed by atoms with Crippen molar-refractivity contribution in [1.82, 2.24) is 9.55 Å². The Morgan fingerprint density at radius 3 is 2.64 bits per heavy atom. The van der Waals surface area contributed by atoms with Crippen molar-refractivity contribution in [3.63, 3.8) is 0 Å². The largest absolute Gasteiger partial charge is 0.460 e. The standard InChI is InChI=1S/C30H31N2O11P/c1-4-30(15-44(37,38)41-14-24-27(43-17(3)34)25(13-39-24)42-16(2)33)21-10-23-26-19(9-18-7-5-6-8-22(18)31-26)11-32(23)28(35)20(21)12-40-29(30)36/h5-10,24-25,27H,4,11-15H2,1-3H3,(H,37,38)/t24-,25+,27-,30+/m1/s1. The average molecular weight is 627 g/mol. The van der Waals surface area contributed by atoms with E-state index in [2.05, 4.69) is 0 Å². The zero-order valence-electron chi connectivity index (χ0n) is 24.3. The number of ether oxygens (including phenoxy) is 4. The van der Waals surface area contributed by atoms with Crippen LogP contribution in [0, 0.1) is 0 Å². The second-order valence-electron chi connectivity index (χ2n) is 11.2. The summed E-state index contributed by atoms with van der Waals surface area (Å²) in [7, 11) is -4.58. The maximum atomic E-state index is 13.8. The van der Waals surface area contributed by atoms with E-state index in [1.807, 2.05) is 30.3 Å².